The number of aliphatic imine (C=N–C) groups is 1. The van der Waals surface area contributed by atoms with E-state index in [-0.39, 0.29) is 34.6 Å². The van der Waals surface area contributed by atoms with Crippen LogP contribution < -0.4 is 16.6 Å². The smallest absolute Gasteiger partial charge is 0.274 e. The third kappa shape index (κ3) is 3.99. The second kappa shape index (κ2) is 8.39. The van der Waals surface area contributed by atoms with Gasteiger partial charge in [0.05, 0.1) is 12.4 Å². The molecule has 1 aliphatic carbocycles. The molecule has 3 aromatic heterocycles. The number of carbonyl (C=O) groups is 1. The number of hydrogen-bond acceptors (Lipinski definition) is 8. The number of aromatic nitrogens is 4. The third-order valence-electron chi connectivity index (χ3n) is 5.78. The van der Waals surface area contributed by atoms with Gasteiger partial charge in [-0.05, 0) is 61.3 Å². The van der Waals surface area contributed by atoms with Crippen molar-refractivity contribution in [2.75, 3.05) is 5.32 Å². The number of anilines is 2. The van der Waals surface area contributed by atoms with E-state index in [1.807, 2.05) is 20.0 Å². The van der Waals surface area contributed by atoms with Gasteiger partial charge < -0.3 is 16.0 Å². The molecule has 0 saturated heterocycles. The molecule has 5 rings (SSSR count). The van der Waals surface area contributed by atoms with Crippen LogP contribution in [0, 0.1) is 0 Å². The number of amides is 1. The Labute approximate surface area is 194 Å². The van der Waals surface area contributed by atoms with Crippen molar-refractivity contribution in [3.63, 3.8) is 0 Å². The standard InChI is InChI=1S/C22H24N8O2S/c1-11(2)27-19(23)18-20(31)29-33-21(18)28-17-8-25-16(7-26-17)22(32)30-9-12-6-24-15-5-3-4-13(15)14(12)10-30/h6-8,11H,3-5,9-10H2,1-2H3,(H2,23,27)(H,26,28)(H,29,31). The molecule has 170 valence electrons. The van der Waals surface area contributed by atoms with E-state index in [0.29, 0.717) is 23.9 Å². The first-order valence-electron chi connectivity index (χ1n) is 10.8. The van der Waals surface area contributed by atoms with Gasteiger partial charge in [-0.1, -0.05) is 0 Å². The summed E-state index contributed by atoms with van der Waals surface area (Å²) >= 11 is 1.10. The van der Waals surface area contributed by atoms with E-state index in [1.165, 1.54) is 29.2 Å². The lowest BCUT2D eigenvalue weighted by atomic mass is 10.1. The highest BCUT2D eigenvalue weighted by atomic mass is 32.1. The fraction of sp³-hybridized carbons (Fsp3) is 0.364. The van der Waals surface area contributed by atoms with Crippen molar-refractivity contribution in [1.82, 2.24) is 24.2 Å². The fourth-order valence-corrected chi connectivity index (χ4v) is 5.05. The van der Waals surface area contributed by atoms with Gasteiger partial charge in [0.15, 0.2) is 0 Å². The highest BCUT2D eigenvalue weighted by molar-refractivity contribution is 7.10. The number of fused-ring (bicyclic) bond motifs is 3. The maximum atomic E-state index is 13.0. The number of pyridine rings is 1. The van der Waals surface area contributed by atoms with Crippen LogP contribution in [0.5, 0.6) is 0 Å². The molecular weight excluding hydrogens is 440 g/mol. The molecule has 10 nitrogen and oxygen atoms in total. The van der Waals surface area contributed by atoms with Crippen molar-refractivity contribution < 1.29 is 4.79 Å². The Morgan fingerprint density at radius 1 is 1.18 bits per heavy atom. The highest BCUT2D eigenvalue weighted by Crippen LogP contribution is 2.32. The van der Waals surface area contributed by atoms with E-state index in [9.17, 15) is 9.59 Å². The highest BCUT2D eigenvalue weighted by Gasteiger charge is 2.30. The first-order valence-corrected chi connectivity index (χ1v) is 11.6. The molecule has 1 aliphatic heterocycles. The second-order valence-corrected chi connectivity index (χ2v) is 9.28. The minimum absolute atomic E-state index is 0.0456. The van der Waals surface area contributed by atoms with Crippen molar-refractivity contribution in [2.24, 2.45) is 10.7 Å². The van der Waals surface area contributed by atoms with Crippen molar-refractivity contribution in [3.05, 3.63) is 62.6 Å². The summed E-state index contributed by atoms with van der Waals surface area (Å²) in [5.41, 5.74) is 11.1. The van der Waals surface area contributed by atoms with Crippen LogP contribution in [0.1, 0.15) is 58.7 Å². The van der Waals surface area contributed by atoms with Gasteiger partial charge >= 0.3 is 0 Å². The molecule has 0 unspecified atom stereocenters. The number of hydrogen-bond donors (Lipinski definition) is 3. The van der Waals surface area contributed by atoms with Gasteiger partial charge in [0.2, 0.25) is 0 Å². The maximum absolute atomic E-state index is 13.0. The predicted octanol–water partition coefficient (Wildman–Crippen LogP) is 2.12. The molecule has 0 bridgehead atoms. The van der Waals surface area contributed by atoms with Crippen LogP contribution in [0.2, 0.25) is 0 Å². The van der Waals surface area contributed by atoms with E-state index < -0.39 is 0 Å². The van der Waals surface area contributed by atoms with E-state index in [2.05, 4.69) is 29.6 Å². The molecule has 0 spiro atoms. The Hall–Kier alpha value is -3.60. The monoisotopic (exact) mass is 464 g/mol. The van der Waals surface area contributed by atoms with Gasteiger partial charge in [-0.3, -0.25) is 23.9 Å². The average Bonchev–Trinajstić information content (AvgIpc) is 3.50. The number of carbonyl (C=O) groups excluding carboxylic acids is 1. The molecule has 0 fully saturated rings. The number of nitrogens with zero attached hydrogens (tertiary/aromatic N) is 5. The van der Waals surface area contributed by atoms with Gasteiger partial charge in [0.25, 0.3) is 11.5 Å². The van der Waals surface area contributed by atoms with Crippen molar-refractivity contribution in [3.8, 4) is 0 Å². The molecule has 4 N–H and O–H groups in total. The third-order valence-corrected chi connectivity index (χ3v) is 6.58. The Balaban J connectivity index is 1.31. The first-order chi connectivity index (χ1) is 15.9. The molecule has 3 aromatic rings. The molecular formula is C22H24N8O2S. The van der Waals surface area contributed by atoms with Crippen LogP contribution in [0.3, 0.4) is 0 Å². The molecule has 0 saturated carbocycles. The summed E-state index contributed by atoms with van der Waals surface area (Å²) in [5, 5.41) is 3.54. The summed E-state index contributed by atoms with van der Waals surface area (Å²) in [5.74, 6) is 0.383. The van der Waals surface area contributed by atoms with E-state index in [4.69, 9.17) is 5.73 Å². The van der Waals surface area contributed by atoms with Gasteiger partial charge in [-0.15, -0.1) is 0 Å². The summed E-state index contributed by atoms with van der Waals surface area (Å²) < 4.78 is 2.65. The van der Waals surface area contributed by atoms with Crippen LogP contribution in [0.25, 0.3) is 0 Å². The predicted molar refractivity (Wildman–Crippen MR) is 126 cm³/mol. The van der Waals surface area contributed by atoms with Crippen LogP contribution >= 0.6 is 11.5 Å². The number of aromatic amines is 1. The Bertz CT molecular complexity index is 1310. The minimum atomic E-state index is -0.321. The lowest BCUT2D eigenvalue weighted by Gasteiger charge is -2.15. The van der Waals surface area contributed by atoms with Gasteiger partial charge in [-0.2, -0.15) is 0 Å². The Morgan fingerprint density at radius 3 is 2.79 bits per heavy atom. The van der Waals surface area contributed by atoms with Gasteiger partial charge in [0.1, 0.15) is 27.9 Å². The molecule has 0 atom stereocenters. The molecule has 11 heteroatoms. The Morgan fingerprint density at radius 2 is 2.03 bits per heavy atom. The van der Waals surface area contributed by atoms with E-state index in [1.54, 1.807) is 4.90 Å². The quantitative estimate of drug-likeness (QED) is 0.388. The minimum Gasteiger partial charge on any atom is -0.383 e. The van der Waals surface area contributed by atoms with E-state index in [0.717, 1.165) is 36.4 Å². The number of nitrogens with two attached hydrogens (primary N) is 1. The van der Waals surface area contributed by atoms with Crippen LogP contribution in [-0.2, 0) is 25.9 Å². The summed E-state index contributed by atoms with van der Waals surface area (Å²) in [4.78, 5) is 44.4. The number of rotatable bonds is 5. The number of amidine groups is 1. The van der Waals surface area contributed by atoms with Crippen molar-refractivity contribution in [1.29, 1.82) is 0 Å². The number of H-pyrrole nitrogens is 1. The average molecular weight is 465 g/mol. The Kier molecular flexibility index (Phi) is 5.41. The zero-order chi connectivity index (χ0) is 23.1. The van der Waals surface area contributed by atoms with Crippen LogP contribution in [-0.4, -0.2) is 42.0 Å². The molecule has 1 amide bonds. The van der Waals surface area contributed by atoms with Gasteiger partial charge in [-0.25, -0.2) is 9.97 Å². The number of nitrogens with one attached hydrogen (secondary N) is 2. The topological polar surface area (TPSA) is 142 Å². The van der Waals surface area contributed by atoms with E-state index >= 15 is 0 Å². The first kappa shape index (κ1) is 21.3. The summed E-state index contributed by atoms with van der Waals surface area (Å²) in [6.07, 6.45) is 7.99. The van der Waals surface area contributed by atoms with Crippen molar-refractivity contribution in [2.45, 2.75) is 52.2 Å². The SMILES string of the molecule is CC(C)N=C(N)c1c(Nc2cnc(C(=O)N3Cc4cnc5c(c4C3)CCC5)cn2)s[nH]c1=O. The fourth-order valence-electron chi connectivity index (χ4n) is 4.30. The second-order valence-electron chi connectivity index (χ2n) is 8.46. The van der Waals surface area contributed by atoms with Crippen LogP contribution in [0.15, 0.2) is 28.4 Å². The molecule has 0 aromatic carbocycles. The lowest BCUT2D eigenvalue weighted by molar-refractivity contribution is 0.0745. The largest absolute Gasteiger partial charge is 0.383 e. The summed E-state index contributed by atoms with van der Waals surface area (Å²) in [7, 11) is 0. The van der Waals surface area contributed by atoms with Crippen LogP contribution in [0.4, 0.5) is 10.8 Å². The van der Waals surface area contributed by atoms with Crippen molar-refractivity contribution >= 4 is 34.1 Å². The maximum Gasteiger partial charge on any atom is 0.274 e. The zero-order valence-electron chi connectivity index (χ0n) is 18.4. The summed E-state index contributed by atoms with van der Waals surface area (Å²) in [6.45, 7) is 4.87. The zero-order valence-corrected chi connectivity index (χ0v) is 19.2. The summed E-state index contributed by atoms with van der Waals surface area (Å²) in [6, 6.07) is -0.0456. The lowest BCUT2D eigenvalue weighted by Crippen LogP contribution is -2.26. The molecule has 0 radical (unpaired) electrons. The number of aryl methyl sites for hydroxylation is 1. The van der Waals surface area contributed by atoms with Gasteiger partial charge in [0, 0.05) is 31.0 Å². The molecule has 33 heavy (non-hydrogen) atoms. The molecule has 2 aliphatic rings. The normalized spacial score (nSPS) is 15.1. The molecule has 4 heterocycles.